The molecule has 0 bridgehead atoms. The van der Waals surface area contributed by atoms with Gasteiger partial charge < -0.3 is 19.7 Å². The molecule has 0 aliphatic carbocycles. The summed E-state index contributed by atoms with van der Waals surface area (Å²) < 4.78 is 11.0. The monoisotopic (exact) mass is 328 g/mol. The van der Waals surface area contributed by atoms with Crippen LogP contribution in [0.15, 0.2) is 42.5 Å². The van der Waals surface area contributed by atoms with E-state index in [4.69, 9.17) is 9.47 Å². The van der Waals surface area contributed by atoms with Gasteiger partial charge in [0.2, 0.25) is 0 Å². The van der Waals surface area contributed by atoms with E-state index in [1.807, 2.05) is 13.8 Å². The summed E-state index contributed by atoms with van der Waals surface area (Å²) in [5.41, 5.74) is 1.16. The SMILES string of the molecule is COc1ccc(/C=C(\C(=O)O)c2cccc(O)c2)cc1OC(C)C. The second kappa shape index (κ2) is 7.55. The number of carbonyl (C=O) groups is 1. The highest BCUT2D eigenvalue weighted by molar-refractivity contribution is 6.20. The molecule has 24 heavy (non-hydrogen) atoms. The van der Waals surface area contributed by atoms with Crippen LogP contribution < -0.4 is 9.47 Å². The number of carboxylic acid groups (broad SMARTS) is 1. The first-order valence-electron chi connectivity index (χ1n) is 7.49. The van der Waals surface area contributed by atoms with Crippen LogP contribution in [0.25, 0.3) is 11.6 Å². The van der Waals surface area contributed by atoms with Crippen molar-refractivity contribution in [3.63, 3.8) is 0 Å². The minimum Gasteiger partial charge on any atom is -0.508 e. The molecule has 2 rings (SSSR count). The van der Waals surface area contributed by atoms with Crippen LogP contribution >= 0.6 is 0 Å². The molecule has 126 valence electrons. The minimum atomic E-state index is -1.08. The van der Waals surface area contributed by atoms with Crippen LogP contribution in [-0.2, 0) is 4.79 Å². The summed E-state index contributed by atoms with van der Waals surface area (Å²) in [4.78, 5) is 11.6. The number of ether oxygens (including phenoxy) is 2. The van der Waals surface area contributed by atoms with E-state index in [0.717, 1.165) is 0 Å². The second-order valence-corrected chi connectivity index (χ2v) is 5.49. The third-order valence-electron chi connectivity index (χ3n) is 3.25. The summed E-state index contributed by atoms with van der Waals surface area (Å²) in [6, 6.07) is 11.3. The third-order valence-corrected chi connectivity index (χ3v) is 3.25. The summed E-state index contributed by atoms with van der Waals surface area (Å²) >= 11 is 0. The Bertz CT molecular complexity index is 762. The van der Waals surface area contributed by atoms with Gasteiger partial charge in [-0.3, -0.25) is 0 Å². The summed E-state index contributed by atoms with van der Waals surface area (Å²) in [5.74, 6) is 0.0536. The fourth-order valence-electron chi connectivity index (χ4n) is 2.24. The van der Waals surface area contributed by atoms with Crippen molar-refractivity contribution < 1.29 is 24.5 Å². The van der Waals surface area contributed by atoms with Crippen molar-refractivity contribution in [1.29, 1.82) is 0 Å². The first-order chi connectivity index (χ1) is 11.4. The Hall–Kier alpha value is -2.95. The average Bonchev–Trinajstić information content (AvgIpc) is 2.52. The van der Waals surface area contributed by atoms with Crippen molar-refractivity contribution in [2.45, 2.75) is 20.0 Å². The van der Waals surface area contributed by atoms with E-state index in [9.17, 15) is 15.0 Å². The van der Waals surface area contributed by atoms with Gasteiger partial charge in [0.25, 0.3) is 0 Å². The van der Waals surface area contributed by atoms with Crippen LogP contribution in [-0.4, -0.2) is 29.4 Å². The van der Waals surface area contributed by atoms with Gasteiger partial charge in [0.1, 0.15) is 5.75 Å². The first-order valence-corrected chi connectivity index (χ1v) is 7.49. The number of hydrogen-bond donors (Lipinski definition) is 2. The molecule has 0 amide bonds. The predicted molar refractivity (Wildman–Crippen MR) is 92.4 cm³/mol. The van der Waals surface area contributed by atoms with E-state index < -0.39 is 5.97 Å². The Kier molecular flexibility index (Phi) is 5.47. The van der Waals surface area contributed by atoms with E-state index in [1.54, 1.807) is 37.4 Å². The molecule has 0 aromatic heterocycles. The molecular weight excluding hydrogens is 308 g/mol. The smallest absolute Gasteiger partial charge is 0.336 e. The molecule has 0 aliphatic rings. The van der Waals surface area contributed by atoms with Crippen molar-refractivity contribution in [2.75, 3.05) is 7.11 Å². The Morgan fingerprint density at radius 1 is 1.12 bits per heavy atom. The Morgan fingerprint density at radius 2 is 1.88 bits per heavy atom. The van der Waals surface area contributed by atoms with Crippen LogP contribution in [0.3, 0.4) is 0 Å². The van der Waals surface area contributed by atoms with E-state index in [0.29, 0.717) is 22.6 Å². The molecule has 0 aliphatic heterocycles. The normalized spacial score (nSPS) is 11.4. The number of methoxy groups -OCH3 is 1. The lowest BCUT2D eigenvalue weighted by Crippen LogP contribution is -2.07. The van der Waals surface area contributed by atoms with Crippen LogP contribution in [0.2, 0.25) is 0 Å². The van der Waals surface area contributed by atoms with Crippen molar-refractivity contribution in [1.82, 2.24) is 0 Å². The van der Waals surface area contributed by atoms with E-state index in [1.165, 1.54) is 18.2 Å². The summed E-state index contributed by atoms with van der Waals surface area (Å²) in [6.07, 6.45) is 1.49. The maximum Gasteiger partial charge on any atom is 0.336 e. The van der Waals surface area contributed by atoms with E-state index in [-0.39, 0.29) is 17.4 Å². The number of rotatable bonds is 6. The molecule has 0 radical (unpaired) electrons. The topological polar surface area (TPSA) is 76.0 Å². The van der Waals surface area contributed by atoms with Gasteiger partial charge in [-0.2, -0.15) is 0 Å². The quantitative estimate of drug-likeness (QED) is 0.623. The zero-order valence-corrected chi connectivity index (χ0v) is 13.8. The molecular formula is C19H20O5. The number of aliphatic carboxylic acids is 1. The van der Waals surface area contributed by atoms with E-state index in [2.05, 4.69) is 0 Å². The molecule has 0 saturated carbocycles. The third kappa shape index (κ3) is 4.29. The summed E-state index contributed by atoms with van der Waals surface area (Å²) in [6.45, 7) is 3.80. The lowest BCUT2D eigenvalue weighted by Gasteiger charge is -2.14. The minimum absolute atomic E-state index is 0.0122. The largest absolute Gasteiger partial charge is 0.508 e. The highest BCUT2D eigenvalue weighted by Crippen LogP contribution is 2.31. The maximum atomic E-state index is 11.6. The molecule has 2 aromatic carbocycles. The number of phenolic OH excluding ortho intramolecular Hbond substituents is 1. The second-order valence-electron chi connectivity index (χ2n) is 5.49. The number of carboxylic acids is 1. The molecule has 2 aromatic rings. The molecule has 0 atom stereocenters. The molecule has 5 nitrogen and oxygen atoms in total. The van der Waals surface area contributed by atoms with Gasteiger partial charge in [-0.15, -0.1) is 0 Å². The standard InChI is InChI=1S/C19H20O5/c1-12(2)24-18-10-13(7-8-17(18)23-3)9-16(19(21)22)14-5-4-6-15(20)11-14/h4-12,20H,1-3H3,(H,21,22)/b16-9-. The summed E-state index contributed by atoms with van der Waals surface area (Å²) in [7, 11) is 1.55. The first kappa shape index (κ1) is 17.4. The van der Waals surface area contributed by atoms with Crippen molar-refractivity contribution in [2.24, 2.45) is 0 Å². The molecule has 2 N–H and O–H groups in total. The van der Waals surface area contributed by atoms with Crippen LogP contribution in [0.5, 0.6) is 17.2 Å². The van der Waals surface area contributed by atoms with Crippen LogP contribution in [0.4, 0.5) is 0 Å². The van der Waals surface area contributed by atoms with Crippen molar-refractivity contribution >= 4 is 17.6 Å². The van der Waals surface area contributed by atoms with Gasteiger partial charge in [0.15, 0.2) is 11.5 Å². The Balaban J connectivity index is 2.48. The van der Waals surface area contributed by atoms with Gasteiger partial charge in [0, 0.05) is 0 Å². The Labute approximate surface area is 140 Å². The molecule has 0 heterocycles. The number of phenols is 1. The van der Waals surface area contributed by atoms with Gasteiger partial charge in [0.05, 0.1) is 18.8 Å². The zero-order chi connectivity index (χ0) is 17.7. The Morgan fingerprint density at radius 3 is 2.46 bits per heavy atom. The molecule has 0 spiro atoms. The molecule has 0 saturated heterocycles. The van der Waals surface area contributed by atoms with Gasteiger partial charge >= 0.3 is 5.97 Å². The number of benzene rings is 2. The van der Waals surface area contributed by atoms with Crippen molar-refractivity contribution in [3.8, 4) is 17.2 Å². The maximum absolute atomic E-state index is 11.6. The van der Waals surface area contributed by atoms with Crippen LogP contribution in [0.1, 0.15) is 25.0 Å². The molecule has 0 unspecified atom stereocenters. The fraction of sp³-hybridized carbons (Fsp3) is 0.211. The lowest BCUT2D eigenvalue weighted by atomic mass is 10.0. The number of hydrogen-bond acceptors (Lipinski definition) is 4. The predicted octanol–water partition coefficient (Wildman–Crippen LogP) is 3.81. The summed E-state index contributed by atoms with van der Waals surface area (Å²) in [5, 5.41) is 19.1. The van der Waals surface area contributed by atoms with Gasteiger partial charge in [-0.25, -0.2) is 4.79 Å². The zero-order valence-electron chi connectivity index (χ0n) is 13.8. The van der Waals surface area contributed by atoms with Crippen molar-refractivity contribution in [3.05, 3.63) is 53.6 Å². The highest BCUT2D eigenvalue weighted by Gasteiger charge is 2.13. The number of aromatic hydroxyl groups is 1. The van der Waals surface area contributed by atoms with Gasteiger partial charge in [-0.1, -0.05) is 18.2 Å². The fourth-order valence-corrected chi connectivity index (χ4v) is 2.24. The van der Waals surface area contributed by atoms with E-state index >= 15 is 0 Å². The molecule has 5 heteroatoms. The lowest BCUT2D eigenvalue weighted by molar-refractivity contribution is -0.130. The van der Waals surface area contributed by atoms with Gasteiger partial charge in [-0.05, 0) is 55.3 Å². The average molecular weight is 328 g/mol. The highest BCUT2D eigenvalue weighted by atomic mass is 16.5. The van der Waals surface area contributed by atoms with Crippen LogP contribution in [0, 0.1) is 0 Å². The molecule has 0 fully saturated rings.